The second-order valence-electron chi connectivity index (χ2n) is 5.54. The Morgan fingerprint density at radius 1 is 1.33 bits per heavy atom. The summed E-state index contributed by atoms with van der Waals surface area (Å²) < 4.78 is 28.4. The van der Waals surface area contributed by atoms with Crippen LogP contribution in [0.25, 0.3) is 0 Å². The number of nitrogens with one attached hydrogen (secondary N) is 1. The van der Waals surface area contributed by atoms with Crippen LogP contribution < -0.4 is 10.1 Å². The number of fused-ring (bicyclic) bond motifs is 1. The van der Waals surface area contributed by atoms with Crippen molar-refractivity contribution in [3.8, 4) is 5.75 Å². The Kier molecular flexibility index (Phi) is 3.84. The third-order valence-corrected chi connectivity index (χ3v) is 5.16. The second-order valence-corrected chi connectivity index (χ2v) is 8.11. The van der Waals surface area contributed by atoms with E-state index in [-0.39, 0.29) is 16.8 Å². The number of ether oxygens (including phenoxy) is 1. The molecule has 1 unspecified atom stereocenters. The number of rotatable bonds is 4. The molecule has 0 saturated heterocycles. The molecule has 2 aliphatic rings. The molecular formula is C14H16ClNO4S. The standard InChI is InChI=1S/C14H16ClNO4S/c15-21(18,19)10-3-4-13-11(8-10)12(5-6-20-13)16-14(17)7-9-1-2-9/h3-4,8-9,12H,1-2,5-7H2,(H,16,17). The van der Waals surface area contributed by atoms with Gasteiger partial charge in [-0.25, -0.2) is 8.42 Å². The monoisotopic (exact) mass is 329 g/mol. The molecule has 7 heteroatoms. The number of carbonyl (C=O) groups is 1. The zero-order valence-corrected chi connectivity index (χ0v) is 12.9. The van der Waals surface area contributed by atoms with Gasteiger partial charge in [0, 0.05) is 29.1 Å². The van der Waals surface area contributed by atoms with Crippen LogP contribution in [0.15, 0.2) is 23.1 Å². The summed E-state index contributed by atoms with van der Waals surface area (Å²) in [5, 5.41) is 2.97. The van der Waals surface area contributed by atoms with Crippen molar-refractivity contribution in [1.29, 1.82) is 0 Å². The zero-order chi connectivity index (χ0) is 15.0. The van der Waals surface area contributed by atoms with E-state index in [4.69, 9.17) is 15.4 Å². The van der Waals surface area contributed by atoms with Crippen molar-refractivity contribution < 1.29 is 17.9 Å². The second kappa shape index (κ2) is 5.50. The highest BCUT2D eigenvalue weighted by molar-refractivity contribution is 8.13. The van der Waals surface area contributed by atoms with Crippen molar-refractivity contribution in [2.45, 2.75) is 36.6 Å². The molecule has 0 radical (unpaired) electrons. The molecule has 1 N–H and O–H groups in total. The van der Waals surface area contributed by atoms with E-state index in [9.17, 15) is 13.2 Å². The van der Waals surface area contributed by atoms with E-state index in [1.807, 2.05) is 0 Å². The third-order valence-electron chi connectivity index (χ3n) is 3.81. The molecule has 3 rings (SSSR count). The van der Waals surface area contributed by atoms with Gasteiger partial charge in [0.25, 0.3) is 9.05 Å². The fourth-order valence-electron chi connectivity index (χ4n) is 2.51. The summed E-state index contributed by atoms with van der Waals surface area (Å²) in [4.78, 5) is 12.0. The average molecular weight is 330 g/mol. The van der Waals surface area contributed by atoms with Gasteiger partial charge in [-0.2, -0.15) is 0 Å². The minimum Gasteiger partial charge on any atom is -0.493 e. The summed E-state index contributed by atoms with van der Waals surface area (Å²) in [6.07, 6.45) is 3.40. The summed E-state index contributed by atoms with van der Waals surface area (Å²) in [5.74, 6) is 1.12. The molecule has 5 nitrogen and oxygen atoms in total. The van der Waals surface area contributed by atoms with Crippen LogP contribution in [0.2, 0.25) is 0 Å². The first-order chi connectivity index (χ1) is 9.93. The van der Waals surface area contributed by atoms with Crippen LogP contribution in [0.4, 0.5) is 0 Å². The molecule has 1 aliphatic carbocycles. The van der Waals surface area contributed by atoms with Crippen LogP contribution in [0, 0.1) is 5.92 Å². The molecule has 1 aromatic rings. The Balaban J connectivity index is 1.83. The van der Waals surface area contributed by atoms with Crippen molar-refractivity contribution >= 4 is 25.6 Å². The van der Waals surface area contributed by atoms with Crippen molar-refractivity contribution in [3.05, 3.63) is 23.8 Å². The molecular weight excluding hydrogens is 314 g/mol. The predicted molar refractivity (Wildman–Crippen MR) is 77.8 cm³/mol. The van der Waals surface area contributed by atoms with Gasteiger partial charge in [-0.1, -0.05) is 0 Å². The Morgan fingerprint density at radius 3 is 2.76 bits per heavy atom. The average Bonchev–Trinajstić information content (AvgIpc) is 3.21. The Labute approximate surface area is 128 Å². The maximum Gasteiger partial charge on any atom is 0.261 e. The Morgan fingerprint density at radius 2 is 2.10 bits per heavy atom. The van der Waals surface area contributed by atoms with Gasteiger partial charge in [-0.15, -0.1) is 0 Å². The molecule has 1 aliphatic heterocycles. The van der Waals surface area contributed by atoms with Crippen LogP contribution in [-0.2, 0) is 13.8 Å². The zero-order valence-electron chi connectivity index (χ0n) is 11.3. The molecule has 1 aromatic carbocycles. The maximum absolute atomic E-state index is 12.0. The van der Waals surface area contributed by atoms with Gasteiger partial charge >= 0.3 is 0 Å². The van der Waals surface area contributed by atoms with E-state index in [2.05, 4.69) is 5.32 Å². The molecule has 0 bridgehead atoms. The smallest absolute Gasteiger partial charge is 0.261 e. The normalized spacial score (nSPS) is 21.3. The molecule has 0 spiro atoms. The van der Waals surface area contributed by atoms with Gasteiger partial charge in [-0.3, -0.25) is 4.79 Å². The highest BCUT2D eigenvalue weighted by Crippen LogP contribution is 2.36. The minimum atomic E-state index is -3.79. The quantitative estimate of drug-likeness (QED) is 0.861. The van der Waals surface area contributed by atoms with Gasteiger partial charge in [-0.05, 0) is 37.0 Å². The van der Waals surface area contributed by atoms with Crippen molar-refractivity contribution in [1.82, 2.24) is 5.32 Å². The van der Waals surface area contributed by atoms with E-state index in [0.29, 0.717) is 36.7 Å². The lowest BCUT2D eigenvalue weighted by Crippen LogP contribution is -2.32. The van der Waals surface area contributed by atoms with Crippen molar-refractivity contribution in [3.63, 3.8) is 0 Å². The van der Waals surface area contributed by atoms with E-state index >= 15 is 0 Å². The lowest BCUT2D eigenvalue weighted by molar-refractivity contribution is -0.122. The topological polar surface area (TPSA) is 72.5 Å². The number of halogens is 1. The number of benzene rings is 1. The van der Waals surface area contributed by atoms with Crippen molar-refractivity contribution in [2.24, 2.45) is 5.92 Å². The van der Waals surface area contributed by atoms with E-state index in [1.54, 1.807) is 6.07 Å². The van der Waals surface area contributed by atoms with Crippen LogP contribution >= 0.6 is 10.7 Å². The van der Waals surface area contributed by atoms with Gasteiger partial charge in [0.2, 0.25) is 5.91 Å². The maximum atomic E-state index is 12.0. The third kappa shape index (κ3) is 3.49. The number of hydrogen-bond donors (Lipinski definition) is 1. The molecule has 0 aromatic heterocycles. The SMILES string of the molecule is O=C(CC1CC1)NC1CCOc2ccc(S(=O)(=O)Cl)cc21. The Hall–Kier alpha value is -1.27. The van der Waals surface area contributed by atoms with Gasteiger partial charge in [0.1, 0.15) is 5.75 Å². The number of amides is 1. The van der Waals surface area contributed by atoms with E-state index in [1.165, 1.54) is 12.1 Å². The molecule has 1 heterocycles. The Bertz CT molecular complexity index is 670. The molecule has 114 valence electrons. The van der Waals surface area contributed by atoms with Crippen LogP contribution in [-0.4, -0.2) is 20.9 Å². The van der Waals surface area contributed by atoms with Crippen LogP contribution in [0.1, 0.15) is 37.3 Å². The lowest BCUT2D eigenvalue weighted by atomic mass is 10.0. The highest BCUT2D eigenvalue weighted by atomic mass is 35.7. The first-order valence-corrected chi connectivity index (χ1v) is 9.25. The summed E-state index contributed by atoms with van der Waals surface area (Å²) in [5.41, 5.74) is 0.673. The van der Waals surface area contributed by atoms with Crippen LogP contribution in [0.5, 0.6) is 5.75 Å². The van der Waals surface area contributed by atoms with E-state index < -0.39 is 9.05 Å². The summed E-state index contributed by atoms with van der Waals surface area (Å²) in [7, 11) is 1.58. The van der Waals surface area contributed by atoms with E-state index in [0.717, 1.165) is 12.8 Å². The molecule has 1 saturated carbocycles. The summed E-state index contributed by atoms with van der Waals surface area (Å²) in [6, 6.07) is 4.26. The van der Waals surface area contributed by atoms with Gasteiger partial charge in [0.15, 0.2) is 0 Å². The van der Waals surface area contributed by atoms with Crippen LogP contribution in [0.3, 0.4) is 0 Å². The molecule has 1 atom stereocenters. The molecule has 1 fully saturated rings. The van der Waals surface area contributed by atoms with Gasteiger partial charge < -0.3 is 10.1 Å². The first kappa shape index (κ1) is 14.7. The highest BCUT2D eigenvalue weighted by Gasteiger charge is 2.28. The summed E-state index contributed by atoms with van der Waals surface area (Å²) >= 11 is 0. The van der Waals surface area contributed by atoms with Crippen molar-refractivity contribution in [2.75, 3.05) is 6.61 Å². The largest absolute Gasteiger partial charge is 0.493 e. The fourth-order valence-corrected chi connectivity index (χ4v) is 3.30. The first-order valence-electron chi connectivity index (χ1n) is 6.94. The lowest BCUT2D eigenvalue weighted by Gasteiger charge is -2.27. The van der Waals surface area contributed by atoms with Gasteiger partial charge in [0.05, 0.1) is 17.5 Å². The fraction of sp³-hybridized carbons (Fsp3) is 0.500. The number of carbonyl (C=O) groups excluding carboxylic acids is 1. The minimum absolute atomic E-state index is 0.00878. The number of hydrogen-bond acceptors (Lipinski definition) is 4. The predicted octanol–water partition coefficient (Wildman–Crippen LogP) is 2.35. The molecule has 21 heavy (non-hydrogen) atoms. The molecule has 1 amide bonds. The summed E-state index contributed by atoms with van der Waals surface area (Å²) in [6.45, 7) is 0.494.